The Hall–Kier alpha value is -1.53. The van der Waals surface area contributed by atoms with Crippen LogP contribution < -0.4 is 0 Å². The van der Waals surface area contributed by atoms with E-state index in [4.69, 9.17) is 17.0 Å². The van der Waals surface area contributed by atoms with E-state index >= 15 is 0 Å². The molecule has 2 aromatic heterocycles. The van der Waals surface area contributed by atoms with Gasteiger partial charge in [-0.15, -0.1) is 0 Å². The molecule has 0 aromatic carbocycles. The van der Waals surface area contributed by atoms with Crippen molar-refractivity contribution < 1.29 is 4.74 Å². The Morgan fingerprint density at radius 3 is 2.85 bits per heavy atom. The van der Waals surface area contributed by atoms with Gasteiger partial charge in [0.1, 0.15) is 16.6 Å². The maximum atomic E-state index is 5.76. The molecule has 1 unspecified atom stereocenters. The lowest BCUT2D eigenvalue weighted by Crippen LogP contribution is -2.09. The van der Waals surface area contributed by atoms with Crippen LogP contribution in [0.5, 0.6) is 0 Å². The number of aromatic nitrogens is 4. The monoisotopic (exact) mass is 292 g/mol. The molecule has 0 aliphatic carbocycles. The average molecular weight is 292 g/mol. The first kappa shape index (κ1) is 14.9. The lowest BCUT2D eigenvalue weighted by molar-refractivity contribution is 0.0494. The standard InChI is InChI=1S/C14H20N4OS/c1-4-6-12(19-5-2)14-16-11(7-13(20)17-14)10-8-15-18(3)9-10/h7-9,12H,4-6H2,1-3H3,(H,16,17,20). The number of nitrogens with zero attached hydrogens (tertiary/aromatic N) is 3. The zero-order valence-corrected chi connectivity index (χ0v) is 12.9. The van der Waals surface area contributed by atoms with Gasteiger partial charge in [0.05, 0.1) is 11.9 Å². The minimum atomic E-state index is -0.0386. The molecule has 0 bridgehead atoms. The van der Waals surface area contributed by atoms with E-state index in [9.17, 15) is 0 Å². The second-order valence-corrected chi connectivity index (χ2v) is 5.07. The Balaban J connectivity index is 2.39. The lowest BCUT2D eigenvalue weighted by Gasteiger charge is -2.16. The van der Waals surface area contributed by atoms with Crippen LogP contribution in [0.4, 0.5) is 0 Å². The van der Waals surface area contributed by atoms with Gasteiger partial charge in [-0.3, -0.25) is 4.68 Å². The second kappa shape index (κ2) is 6.76. The Morgan fingerprint density at radius 2 is 2.25 bits per heavy atom. The molecule has 6 heteroatoms. The van der Waals surface area contributed by atoms with Gasteiger partial charge in [0.15, 0.2) is 0 Å². The maximum Gasteiger partial charge on any atom is 0.137 e. The minimum Gasteiger partial charge on any atom is -0.371 e. The number of nitrogens with one attached hydrogen (secondary N) is 1. The smallest absolute Gasteiger partial charge is 0.137 e. The molecule has 0 saturated carbocycles. The van der Waals surface area contributed by atoms with Crippen molar-refractivity contribution >= 4 is 12.2 Å². The largest absolute Gasteiger partial charge is 0.371 e. The van der Waals surface area contributed by atoms with E-state index in [1.165, 1.54) is 0 Å². The van der Waals surface area contributed by atoms with Crippen molar-refractivity contribution in [3.05, 3.63) is 28.9 Å². The molecule has 2 heterocycles. The molecule has 0 spiro atoms. The number of H-pyrrole nitrogens is 1. The van der Waals surface area contributed by atoms with Crippen LogP contribution in [0.1, 0.15) is 38.6 Å². The molecule has 0 fully saturated rings. The molecule has 0 aliphatic rings. The summed E-state index contributed by atoms with van der Waals surface area (Å²) in [6.45, 7) is 4.78. The van der Waals surface area contributed by atoms with Crippen LogP contribution in [-0.4, -0.2) is 26.4 Å². The number of hydrogen-bond donors (Lipinski definition) is 1. The molecule has 1 N–H and O–H groups in total. The van der Waals surface area contributed by atoms with Gasteiger partial charge in [-0.1, -0.05) is 25.6 Å². The van der Waals surface area contributed by atoms with Crippen molar-refractivity contribution in [2.75, 3.05) is 6.61 Å². The highest BCUT2D eigenvalue weighted by molar-refractivity contribution is 7.71. The van der Waals surface area contributed by atoms with Crippen molar-refractivity contribution in [1.82, 2.24) is 19.7 Å². The van der Waals surface area contributed by atoms with Crippen molar-refractivity contribution in [2.24, 2.45) is 7.05 Å². The molecule has 0 radical (unpaired) electrons. The normalized spacial score (nSPS) is 12.6. The van der Waals surface area contributed by atoms with Gasteiger partial charge in [0.25, 0.3) is 0 Å². The topological polar surface area (TPSA) is 55.7 Å². The molecule has 0 aliphatic heterocycles. The van der Waals surface area contributed by atoms with Gasteiger partial charge in [-0.25, -0.2) is 4.98 Å². The van der Waals surface area contributed by atoms with E-state index in [1.54, 1.807) is 10.9 Å². The van der Waals surface area contributed by atoms with Gasteiger partial charge in [0.2, 0.25) is 0 Å². The van der Waals surface area contributed by atoms with E-state index in [2.05, 4.69) is 22.0 Å². The van der Waals surface area contributed by atoms with Crippen molar-refractivity contribution in [1.29, 1.82) is 0 Å². The summed E-state index contributed by atoms with van der Waals surface area (Å²) < 4.78 is 8.09. The third-order valence-electron chi connectivity index (χ3n) is 3.00. The molecule has 108 valence electrons. The second-order valence-electron chi connectivity index (χ2n) is 4.65. The van der Waals surface area contributed by atoms with Crippen LogP contribution in [-0.2, 0) is 11.8 Å². The zero-order valence-electron chi connectivity index (χ0n) is 12.1. The van der Waals surface area contributed by atoms with Crippen LogP contribution >= 0.6 is 12.2 Å². The predicted molar refractivity (Wildman–Crippen MR) is 80.9 cm³/mol. The van der Waals surface area contributed by atoms with Crippen LogP contribution in [0.2, 0.25) is 0 Å². The van der Waals surface area contributed by atoms with Crippen LogP contribution in [0.25, 0.3) is 11.3 Å². The third-order valence-corrected chi connectivity index (χ3v) is 3.21. The summed E-state index contributed by atoms with van der Waals surface area (Å²) in [7, 11) is 1.89. The fraction of sp³-hybridized carbons (Fsp3) is 0.500. The molecular formula is C14H20N4OS. The quantitative estimate of drug-likeness (QED) is 0.829. The van der Waals surface area contributed by atoms with E-state index in [0.29, 0.717) is 11.2 Å². The molecule has 2 rings (SSSR count). The highest BCUT2D eigenvalue weighted by Crippen LogP contribution is 2.23. The van der Waals surface area contributed by atoms with Crippen LogP contribution in [0.3, 0.4) is 0 Å². The Bertz CT molecular complexity index is 614. The minimum absolute atomic E-state index is 0.0386. The number of aryl methyl sites for hydroxylation is 1. The van der Waals surface area contributed by atoms with Crippen molar-refractivity contribution in [3.63, 3.8) is 0 Å². The molecule has 0 saturated heterocycles. The molecule has 20 heavy (non-hydrogen) atoms. The third kappa shape index (κ3) is 3.52. The number of aromatic amines is 1. The summed E-state index contributed by atoms with van der Waals surface area (Å²) >= 11 is 5.27. The van der Waals surface area contributed by atoms with Gasteiger partial charge in [-0.2, -0.15) is 5.10 Å². The summed E-state index contributed by atoms with van der Waals surface area (Å²) in [4.78, 5) is 7.74. The van der Waals surface area contributed by atoms with Crippen molar-refractivity contribution in [3.8, 4) is 11.3 Å². The molecule has 1 atom stereocenters. The first-order valence-electron chi connectivity index (χ1n) is 6.86. The summed E-state index contributed by atoms with van der Waals surface area (Å²) in [6, 6.07) is 1.85. The summed E-state index contributed by atoms with van der Waals surface area (Å²) in [6.07, 6.45) is 5.66. The highest BCUT2D eigenvalue weighted by Gasteiger charge is 2.14. The molecule has 2 aromatic rings. The summed E-state index contributed by atoms with van der Waals surface area (Å²) in [5.41, 5.74) is 1.92. The SMILES string of the molecule is CCCC(OCC)c1nc(=S)cc(-c2cnn(C)c2)[nH]1. The Kier molecular flexibility index (Phi) is 5.03. The maximum absolute atomic E-state index is 5.76. The summed E-state index contributed by atoms with van der Waals surface area (Å²) in [5.74, 6) is 0.792. The van der Waals surface area contributed by atoms with Gasteiger partial charge < -0.3 is 9.72 Å². The summed E-state index contributed by atoms with van der Waals surface area (Å²) in [5, 5.41) is 4.18. The van der Waals surface area contributed by atoms with E-state index in [1.807, 2.05) is 26.2 Å². The average Bonchev–Trinajstić information content (AvgIpc) is 2.84. The van der Waals surface area contributed by atoms with E-state index < -0.39 is 0 Å². The fourth-order valence-electron chi connectivity index (χ4n) is 2.11. The van der Waals surface area contributed by atoms with Crippen molar-refractivity contribution in [2.45, 2.75) is 32.8 Å². The first-order valence-corrected chi connectivity index (χ1v) is 7.26. The zero-order chi connectivity index (χ0) is 14.5. The number of rotatable bonds is 6. The molecular weight excluding hydrogens is 272 g/mol. The Labute approximate surface area is 124 Å². The molecule has 5 nitrogen and oxygen atoms in total. The number of ether oxygens (including phenoxy) is 1. The van der Waals surface area contributed by atoms with Crippen LogP contribution in [0, 0.1) is 4.64 Å². The van der Waals surface area contributed by atoms with Crippen LogP contribution in [0.15, 0.2) is 18.5 Å². The van der Waals surface area contributed by atoms with Gasteiger partial charge in [-0.05, 0) is 19.4 Å². The first-order chi connectivity index (χ1) is 9.63. The Morgan fingerprint density at radius 1 is 1.45 bits per heavy atom. The molecule has 0 amide bonds. The van der Waals surface area contributed by atoms with Gasteiger partial charge in [0, 0.05) is 25.4 Å². The van der Waals surface area contributed by atoms with E-state index in [0.717, 1.165) is 29.9 Å². The highest BCUT2D eigenvalue weighted by atomic mass is 32.1. The van der Waals surface area contributed by atoms with E-state index in [-0.39, 0.29) is 6.10 Å². The predicted octanol–water partition coefficient (Wildman–Crippen LogP) is 3.42. The lowest BCUT2D eigenvalue weighted by atomic mass is 10.2. The van der Waals surface area contributed by atoms with Gasteiger partial charge >= 0.3 is 0 Å². The number of hydrogen-bond acceptors (Lipinski definition) is 4. The fourth-order valence-corrected chi connectivity index (χ4v) is 2.32.